The molecular formula is C16H23N3. The Bertz CT molecular complexity index is 505. The summed E-state index contributed by atoms with van der Waals surface area (Å²) in [7, 11) is 2.17. The highest BCUT2D eigenvalue weighted by atomic mass is 15.1. The topological polar surface area (TPSA) is 42.1 Å². The number of hydrogen-bond acceptors (Lipinski definition) is 3. The van der Waals surface area contributed by atoms with Gasteiger partial charge in [-0.15, -0.1) is 0 Å². The molecule has 0 aliphatic carbocycles. The monoisotopic (exact) mass is 257 g/mol. The maximum Gasteiger partial charge on any atom is 0.0746 e. The van der Waals surface area contributed by atoms with Gasteiger partial charge in [0.25, 0.3) is 0 Å². The fourth-order valence-corrected chi connectivity index (χ4v) is 2.37. The van der Waals surface area contributed by atoms with Gasteiger partial charge >= 0.3 is 0 Å². The first kappa shape index (κ1) is 14.0. The molecule has 1 aromatic heterocycles. The molecule has 0 unspecified atom stereocenters. The second-order valence-corrected chi connectivity index (χ2v) is 5.08. The van der Waals surface area contributed by atoms with E-state index in [1.807, 2.05) is 12.3 Å². The van der Waals surface area contributed by atoms with Crippen molar-refractivity contribution < 1.29 is 0 Å². The Morgan fingerprint density at radius 1 is 1.11 bits per heavy atom. The van der Waals surface area contributed by atoms with Crippen LogP contribution in [0, 0.1) is 0 Å². The Morgan fingerprint density at radius 2 is 1.95 bits per heavy atom. The van der Waals surface area contributed by atoms with Gasteiger partial charge in [-0.3, -0.25) is 4.98 Å². The van der Waals surface area contributed by atoms with Gasteiger partial charge in [0.1, 0.15) is 0 Å². The smallest absolute Gasteiger partial charge is 0.0746 e. The van der Waals surface area contributed by atoms with Crippen molar-refractivity contribution in [2.24, 2.45) is 5.73 Å². The molecule has 2 aromatic rings. The summed E-state index contributed by atoms with van der Waals surface area (Å²) in [5.41, 5.74) is 7.94. The molecule has 2 N–H and O–H groups in total. The van der Waals surface area contributed by atoms with Gasteiger partial charge in [0.2, 0.25) is 0 Å². The lowest BCUT2D eigenvalue weighted by Gasteiger charge is -2.17. The van der Waals surface area contributed by atoms with Crippen molar-refractivity contribution in [3.63, 3.8) is 0 Å². The standard InChI is InChI=1S/C16H23N3/c1-19(12-4-2-3-10-17)13-15-8-5-7-14-9-6-11-18-16(14)15/h5-9,11H,2-4,10,12-13,17H2,1H3. The van der Waals surface area contributed by atoms with Crippen molar-refractivity contribution in [2.75, 3.05) is 20.1 Å². The molecular weight excluding hydrogens is 234 g/mol. The summed E-state index contributed by atoms with van der Waals surface area (Å²) < 4.78 is 0. The molecule has 3 heteroatoms. The van der Waals surface area contributed by atoms with Gasteiger partial charge in [-0.05, 0) is 44.6 Å². The molecule has 3 nitrogen and oxygen atoms in total. The van der Waals surface area contributed by atoms with Crippen molar-refractivity contribution in [1.82, 2.24) is 9.88 Å². The van der Waals surface area contributed by atoms with E-state index in [9.17, 15) is 0 Å². The van der Waals surface area contributed by atoms with Crippen molar-refractivity contribution in [3.05, 3.63) is 42.1 Å². The van der Waals surface area contributed by atoms with Crippen LogP contribution in [0.2, 0.25) is 0 Å². The van der Waals surface area contributed by atoms with E-state index in [1.54, 1.807) is 0 Å². The largest absolute Gasteiger partial charge is 0.330 e. The second-order valence-electron chi connectivity index (χ2n) is 5.08. The summed E-state index contributed by atoms with van der Waals surface area (Å²) in [6, 6.07) is 10.5. The highest BCUT2D eigenvalue weighted by Crippen LogP contribution is 2.17. The molecule has 0 amide bonds. The second kappa shape index (κ2) is 7.22. The molecule has 102 valence electrons. The van der Waals surface area contributed by atoms with Crippen molar-refractivity contribution in [1.29, 1.82) is 0 Å². The zero-order valence-electron chi connectivity index (χ0n) is 11.7. The number of rotatable bonds is 7. The van der Waals surface area contributed by atoms with Crippen LogP contribution >= 0.6 is 0 Å². The predicted octanol–water partition coefficient (Wildman–Crippen LogP) is 2.80. The number of benzene rings is 1. The first-order valence-corrected chi connectivity index (χ1v) is 7.02. The van der Waals surface area contributed by atoms with Gasteiger partial charge in [0.15, 0.2) is 0 Å². The fourth-order valence-electron chi connectivity index (χ4n) is 2.37. The first-order chi connectivity index (χ1) is 9.31. The Balaban J connectivity index is 1.97. The lowest BCUT2D eigenvalue weighted by molar-refractivity contribution is 0.318. The van der Waals surface area contributed by atoms with Gasteiger partial charge in [-0.1, -0.05) is 30.7 Å². The van der Waals surface area contributed by atoms with Crippen LogP contribution in [-0.2, 0) is 6.54 Å². The Morgan fingerprint density at radius 3 is 2.79 bits per heavy atom. The number of aromatic nitrogens is 1. The molecule has 1 aromatic carbocycles. The molecule has 0 aliphatic heterocycles. The normalized spacial score (nSPS) is 11.3. The van der Waals surface area contributed by atoms with Gasteiger partial charge in [0, 0.05) is 18.1 Å². The van der Waals surface area contributed by atoms with Gasteiger partial charge in [-0.25, -0.2) is 0 Å². The van der Waals surface area contributed by atoms with E-state index >= 15 is 0 Å². The molecule has 2 rings (SSSR count). The average Bonchev–Trinajstić information content (AvgIpc) is 2.44. The molecule has 0 atom stereocenters. The Labute approximate surface area is 115 Å². The SMILES string of the molecule is CN(CCCCCN)Cc1cccc2cccnc12. The highest BCUT2D eigenvalue weighted by Gasteiger charge is 2.05. The van der Waals surface area contributed by atoms with E-state index in [0.29, 0.717) is 0 Å². The van der Waals surface area contributed by atoms with Crippen molar-refractivity contribution in [2.45, 2.75) is 25.8 Å². The number of hydrogen-bond donors (Lipinski definition) is 1. The van der Waals surface area contributed by atoms with Crippen LogP contribution in [0.3, 0.4) is 0 Å². The van der Waals surface area contributed by atoms with Crippen LogP contribution in [0.15, 0.2) is 36.5 Å². The predicted molar refractivity (Wildman–Crippen MR) is 81.0 cm³/mol. The Kier molecular flexibility index (Phi) is 5.31. The molecule has 0 fully saturated rings. The molecule has 0 saturated carbocycles. The highest BCUT2D eigenvalue weighted by molar-refractivity contribution is 5.81. The molecule has 0 bridgehead atoms. The Hall–Kier alpha value is -1.45. The maximum atomic E-state index is 5.51. The molecule has 0 radical (unpaired) electrons. The number of nitrogens with zero attached hydrogens (tertiary/aromatic N) is 2. The molecule has 0 saturated heterocycles. The summed E-state index contributed by atoms with van der Waals surface area (Å²) in [5.74, 6) is 0. The third-order valence-electron chi connectivity index (χ3n) is 3.40. The minimum absolute atomic E-state index is 0.803. The van der Waals surface area contributed by atoms with Gasteiger partial charge < -0.3 is 10.6 Å². The quantitative estimate of drug-likeness (QED) is 0.776. The summed E-state index contributed by atoms with van der Waals surface area (Å²) in [6.45, 7) is 2.87. The van der Waals surface area contributed by atoms with Crippen LogP contribution < -0.4 is 5.73 Å². The third kappa shape index (κ3) is 4.01. The number of nitrogens with two attached hydrogens (primary N) is 1. The van der Waals surface area contributed by atoms with Crippen LogP contribution in [0.5, 0.6) is 0 Å². The van der Waals surface area contributed by atoms with E-state index in [-0.39, 0.29) is 0 Å². The van der Waals surface area contributed by atoms with Gasteiger partial charge in [-0.2, -0.15) is 0 Å². The van der Waals surface area contributed by atoms with E-state index in [4.69, 9.17) is 5.73 Å². The van der Waals surface area contributed by atoms with Crippen LogP contribution in [-0.4, -0.2) is 30.0 Å². The maximum absolute atomic E-state index is 5.51. The first-order valence-electron chi connectivity index (χ1n) is 7.02. The van der Waals surface area contributed by atoms with Crippen molar-refractivity contribution in [3.8, 4) is 0 Å². The van der Waals surface area contributed by atoms with E-state index in [2.05, 4.69) is 41.2 Å². The van der Waals surface area contributed by atoms with Crippen LogP contribution in [0.1, 0.15) is 24.8 Å². The van der Waals surface area contributed by atoms with Crippen LogP contribution in [0.25, 0.3) is 10.9 Å². The molecule has 19 heavy (non-hydrogen) atoms. The average molecular weight is 257 g/mol. The summed E-state index contributed by atoms with van der Waals surface area (Å²) in [5, 5.41) is 1.22. The fraction of sp³-hybridized carbons (Fsp3) is 0.438. The minimum Gasteiger partial charge on any atom is -0.330 e. The number of para-hydroxylation sites is 1. The number of pyridine rings is 1. The number of fused-ring (bicyclic) bond motifs is 1. The van der Waals surface area contributed by atoms with Crippen LogP contribution in [0.4, 0.5) is 0 Å². The zero-order valence-corrected chi connectivity index (χ0v) is 11.7. The zero-order chi connectivity index (χ0) is 13.5. The van der Waals surface area contributed by atoms with Crippen molar-refractivity contribution >= 4 is 10.9 Å². The third-order valence-corrected chi connectivity index (χ3v) is 3.40. The lowest BCUT2D eigenvalue weighted by atomic mass is 10.1. The summed E-state index contributed by atoms with van der Waals surface area (Å²) in [4.78, 5) is 6.86. The van der Waals surface area contributed by atoms with E-state index < -0.39 is 0 Å². The van der Waals surface area contributed by atoms with Gasteiger partial charge in [0.05, 0.1) is 5.52 Å². The summed E-state index contributed by atoms with van der Waals surface area (Å²) >= 11 is 0. The molecule has 0 spiro atoms. The molecule has 1 heterocycles. The number of unbranched alkanes of at least 4 members (excludes halogenated alkanes) is 2. The summed E-state index contributed by atoms with van der Waals surface area (Å²) in [6.07, 6.45) is 5.43. The minimum atomic E-state index is 0.803. The van der Waals surface area contributed by atoms with E-state index in [0.717, 1.165) is 31.6 Å². The van der Waals surface area contributed by atoms with E-state index in [1.165, 1.54) is 23.8 Å². The molecule has 0 aliphatic rings. The lowest BCUT2D eigenvalue weighted by Crippen LogP contribution is -2.19.